The number of carbonyl (C=O) groups excluding carboxylic acids is 1. The van der Waals surface area contributed by atoms with E-state index in [1.807, 2.05) is 6.92 Å². The topological polar surface area (TPSA) is 57.6 Å². The van der Waals surface area contributed by atoms with Crippen LogP contribution in [0.3, 0.4) is 0 Å². The number of likely N-dealkylation sites (tertiary alicyclic amines) is 1. The van der Waals surface area contributed by atoms with E-state index in [2.05, 4.69) is 12.2 Å². The van der Waals surface area contributed by atoms with Crippen molar-refractivity contribution in [3.05, 3.63) is 12.2 Å². The van der Waals surface area contributed by atoms with Crippen LogP contribution in [0.2, 0.25) is 0 Å². The van der Waals surface area contributed by atoms with Gasteiger partial charge in [0.1, 0.15) is 0 Å². The van der Waals surface area contributed by atoms with Crippen LogP contribution in [0.25, 0.3) is 0 Å². The van der Waals surface area contributed by atoms with E-state index in [4.69, 9.17) is 5.11 Å². The lowest BCUT2D eigenvalue weighted by Gasteiger charge is -2.24. The van der Waals surface area contributed by atoms with Crippen molar-refractivity contribution in [3.8, 4) is 0 Å². The van der Waals surface area contributed by atoms with Gasteiger partial charge in [0.2, 0.25) is 5.91 Å². The Morgan fingerprint density at radius 2 is 2.18 bits per heavy atom. The third kappa shape index (κ3) is 2.51. The van der Waals surface area contributed by atoms with Crippen LogP contribution in [-0.2, 0) is 9.59 Å². The quantitative estimate of drug-likeness (QED) is 0.759. The molecule has 0 spiro atoms. The second kappa shape index (κ2) is 4.90. The molecule has 3 unspecified atom stereocenters. The van der Waals surface area contributed by atoms with E-state index < -0.39 is 11.9 Å². The summed E-state index contributed by atoms with van der Waals surface area (Å²) in [5, 5.41) is 9.02. The molecule has 1 heterocycles. The number of amides is 1. The van der Waals surface area contributed by atoms with Crippen molar-refractivity contribution in [2.75, 3.05) is 6.54 Å². The van der Waals surface area contributed by atoms with Crippen LogP contribution in [0.4, 0.5) is 0 Å². The van der Waals surface area contributed by atoms with Gasteiger partial charge in [0.25, 0.3) is 0 Å². The second-order valence-corrected chi connectivity index (χ2v) is 5.03. The lowest BCUT2D eigenvalue weighted by atomic mass is 10.0. The van der Waals surface area contributed by atoms with E-state index in [1.165, 1.54) is 0 Å². The van der Waals surface area contributed by atoms with Crippen molar-refractivity contribution in [1.82, 2.24) is 4.90 Å². The molecule has 1 aliphatic heterocycles. The van der Waals surface area contributed by atoms with Gasteiger partial charge >= 0.3 is 5.97 Å². The molecule has 1 fully saturated rings. The molecular formula is C13H19NO3. The summed E-state index contributed by atoms with van der Waals surface area (Å²) in [5.74, 6) is -0.706. The summed E-state index contributed by atoms with van der Waals surface area (Å²) >= 11 is 0. The molecule has 94 valence electrons. The van der Waals surface area contributed by atoms with Gasteiger partial charge < -0.3 is 10.0 Å². The SMILES string of the molecule is CC1C(C(=O)O)CCN1C(=O)CC1C=CCC1. The Morgan fingerprint density at radius 1 is 1.41 bits per heavy atom. The lowest BCUT2D eigenvalue weighted by Crippen LogP contribution is -2.38. The summed E-state index contributed by atoms with van der Waals surface area (Å²) in [5.41, 5.74) is 0. The first-order valence-corrected chi connectivity index (χ1v) is 6.28. The fourth-order valence-electron chi connectivity index (χ4n) is 2.83. The van der Waals surface area contributed by atoms with E-state index in [-0.39, 0.29) is 11.9 Å². The van der Waals surface area contributed by atoms with Gasteiger partial charge in [-0.15, -0.1) is 0 Å². The molecule has 1 N–H and O–H groups in total. The maximum Gasteiger partial charge on any atom is 0.308 e. The number of aliphatic carboxylic acids is 1. The molecule has 2 rings (SSSR count). The lowest BCUT2D eigenvalue weighted by molar-refractivity contribution is -0.143. The molecule has 0 aromatic carbocycles. The highest BCUT2D eigenvalue weighted by atomic mass is 16.4. The molecular weight excluding hydrogens is 218 g/mol. The van der Waals surface area contributed by atoms with Crippen molar-refractivity contribution in [1.29, 1.82) is 0 Å². The first-order chi connectivity index (χ1) is 8.09. The van der Waals surface area contributed by atoms with Crippen LogP contribution in [0.5, 0.6) is 0 Å². The summed E-state index contributed by atoms with van der Waals surface area (Å²) in [6.45, 7) is 2.43. The Hall–Kier alpha value is -1.32. The van der Waals surface area contributed by atoms with E-state index in [1.54, 1.807) is 4.90 Å². The van der Waals surface area contributed by atoms with Crippen LogP contribution in [-0.4, -0.2) is 34.5 Å². The Labute approximate surface area is 101 Å². The molecule has 17 heavy (non-hydrogen) atoms. The van der Waals surface area contributed by atoms with Crippen LogP contribution in [0.1, 0.15) is 32.6 Å². The molecule has 1 amide bonds. The number of carboxylic acids is 1. The number of carboxylic acid groups (broad SMARTS) is 1. The fraction of sp³-hybridized carbons (Fsp3) is 0.692. The molecule has 0 saturated carbocycles. The maximum atomic E-state index is 12.1. The number of hydrogen-bond acceptors (Lipinski definition) is 2. The number of carbonyl (C=O) groups is 2. The van der Waals surface area contributed by atoms with Gasteiger partial charge in [-0.1, -0.05) is 12.2 Å². The first-order valence-electron chi connectivity index (χ1n) is 6.28. The van der Waals surface area contributed by atoms with E-state index in [9.17, 15) is 9.59 Å². The minimum absolute atomic E-state index is 0.109. The average molecular weight is 237 g/mol. The zero-order valence-electron chi connectivity index (χ0n) is 10.1. The smallest absolute Gasteiger partial charge is 0.308 e. The predicted octanol–water partition coefficient (Wildman–Crippen LogP) is 1.66. The molecule has 0 bridgehead atoms. The van der Waals surface area contributed by atoms with Gasteiger partial charge in [-0.25, -0.2) is 0 Å². The molecule has 4 nitrogen and oxygen atoms in total. The fourth-order valence-corrected chi connectivity index (χ4v) is 2.83. The largest absolute Gasteiger partial charge is 0.481 e. The minimum Gasteiger partial charge on any atom is -0.481 e. The highest BCUT2D eigenvalue weighted by Gasteiger charge is 2.38. The first kappa shape index (κ1) is 12.1. The molecule has 0 aromatic rings. The van der Waals surface area contributed by atoms with E-state index in [0.717, 1.165) is 12.8 Å². The molecule has 0 aromatic heterocycles. The molecule has 4 heteroatoms. The average Bonchev–Trinajstić information content (AvgIpc) is 2.86. The van der Waals surface area contributed by atoms with Crippen molar-refractivity contribution >= 4 is 11.9 Å². The molecule has 1 aliphatic carbocycles. The van der Waals surface area contributed by atoms with Gasteiger partial charge in [0, 0.05) is 19.0 Å². The van der Waals surface area contributed by atoms with E-state index >= 15 is 0 Å². The Morgan fingerprint density at radius 3 is 2.71 bits per heavy atom. The Bertz CT molecular complexity index is 351. The van der Waals surface area contributed by atoms with Gasteiger partial charge in [0.05, 0.1) is 5.92 Å². The van der Waals surface area contributed by atoms with Crippen LogP contribution < -0.4 is 0 Å². The van der Waals surface area contributed by atoms with Crippen molar-refractivity contribution in [2.24, 2.45) is 11.8 Å². The summed E-state index contributed by atoms with van der Waals surface area (Å²) in [4.78, 5) is 24.8. The normalized spacial score (nSPS) is 32.1. The van der Waals surface area contributed by atoms with E-state index in [0.29, 0.717) is 25.3 Å². The van der Waals surface area contributed by atoms with Gasteiger partial charge in [-0.05, 0) is 32.1 Å². The molecule has 3 atom stereocenters. The number of nitrogens with zero attached hydrogens (tertiary/aromatic N) is 1. The Kier molecular flexibility index (Phi) is 3.50. The standard InChI is InChI=1S/C13H19NO3/c1-9-11(13(16)17)6-7-14(9)12(15)8-10-4-2-3-5-10/h2,4,9-11H,3,5-8H2,1H3,(H,16,17). The highest BCUT2D eigenvalue weighted by molar-refractivity contribution is 5.79. The number of rotatable bonds is 3. The summed E-state index contributed by atoms with van der Waals surface area (Å²) < 4.78 is 0. The zero-order valence-corrected chi connectivity index (χ0v) is 10.1. The van der Waals surface area contributed by atoms with Crippen molar-refractivity contribution in [3.63, 3.8) is 0 Å². The van der Waals surface area contributed by atoms with Gasteiger partial charge in [0.15, 0.2) is 0 Å². The van der Waals surface area contributed by atoms with Crippen LogP contribution in [0.15, 0.2) is 12.2 Å². The van der Waals surface area contributed by atoms with Crippen molar-refractivity contribution in [2.45, 2.75) is 38.6 Å². The maximum absolute atomic E-state index is 12.1. The van der Waals surface area contributed by atoms with Crippen LogP contribution >= 0.6 is 0 Å². The second-order valence-electron chi connectivity index (χ2n) is 5.03. The number of allylic oxidation sites excluding steroid dienone is 2. The summed E-state index contributed by atoms with van der Waals surface area (Å²) in [6, 6.07) is -0.162. The molecule has 2 aliphatic rings. The zero-order chi connectivity index (χ0) is 12.4. The monoisotopic (exact) mass is 237 g/mol. The summed E-state index contributed by atoms with van der Waals surface area (Å²) in [7, 11) is 0. The third-order valence-corrected chi connectivity index (χ3v) is 3.94. The summed E-state index contributed by atoms with van der Waals surface area (Å²) in [6.07, 6.45) is 7.45. The molecule has 0 radical (unpaired) electrons. The van der Waals surface area contributed by atoms with Crippen molar-refractivity contribution < 1.29 is 14.7 Å². The van der Waals surface area contributed by atoms with Gasteiger partial charge in [-0.2, -0.15) is 0 Å². The van der Waals surface area contributed by atoms with Gasteiger partial charge in [-0.3, -0.25) is 9.59 Å². The Balaban J connectivity index is 1.92. The highest BCUT2D eigenvalue weighted by Crippen LogP contribution is 2.27. The van der Waals surface area contributed by atoms with Crippen LogP contribution in [0, 0.1) is 11.8 Å². The predicted molar refractivity (Wildman–Crippen MR) is 63.4 cm³/mol. The minimum atomic E-state index is -0.784. The number of hydrogen-bond donors (Lipinski definition) is 1. The third-order valence-electron chi connectivity index (χ3n) is 3.94. The molecule has 1 saturated heterocycles.